The predicted octanol–water partition coefficient (Wildman–Crippen LogP) is 5.29. The number of para-hydroxylation sites is 1. The van der Waals surface area contributed by atoms with Crippen LogP contribution in [0.25, 0.3) is 0 Å². The van der Waals surface area contributed by atoms with E-state index in [0.29, 0.717) is 5.75 Å². The molecular formula is C16H26OS. The van der Waals surface area contributed by atoms with E-state index in [1.54, 1.807) is 0 Å². The van der Waals surface area contributed by atoms with E-state index >= 15 is 0 Å². The zero-order chi connectivity index (χ0) is 13.2. The molecule has 0 unspecified atom stereocenters. The zero-order valence-electron chi connectivity index (χ0n) is 11.7. The molecule has 0 aliphatic heterocycles. The Morgan fingerprint density at radius 3 is 2.56 bits per heavy atom. The minimum Gasteiger partial charge on any atom is -0.507 e. The fourth-order valence-electron chi connectivity index (χ4n) is 2.00. The molecular weight excluding hydrogens is 240 g/mol. The van der Waals surface area contributed by atoms with Gasteiger partial charge in [0, 0.05) is 11.3 Å². The largest absolute Gasteiger partial charge is 0.507 e. The number of phenolic OH excluding ortho intramolecular Hbond substituents is 1. The number of phenols is 1. The van der Waals surface area contributed by atoms with Crippen LogP contribution in [0.3, 0.4) is 0 Å². The van der Waals surface area contributed by atoms with E-state index in [9.17, 15) is 5.11 Å². The Labute approximate surface area is 116 Å². The summed E-state index contributed by atoms with van der Waals surface area (Å²) in [6, 6.07) is 6.00. The third-order valence-corrected chi connectivity index (χ3v) is 4.31. The monoisotopic (exact) mass is 266 g/mol. The van der Waals surface area contributed by atoms with Crippen LogP contribution in [-0.2, 0) is 5.75 Å². The summed E-state index contributed by atoms with van der Waals surface area (Å²) in [6.07, 6.45) is 8.13. The average molecular weight is 266 g/mol. The summed E-state index contributed by atoms with van der Waals surface area (Å²) < 4.78 is 0. The zero-order valence-corrected chi connectivity index (χ0v) is 12.6. The van der Waals surface area contributed by atoms with E-state index < -0.39 is 0 Å². The smallest absolute Gasteiger partial charge is 0.122 e. The third kappa shape index (κ3) is 5.81. The van der Waals surface area contributed by atoms with E-state index in [1.807, 2.05) is 36.9 Å². The van der Waals surface area contributed by atoms with Gasteiger partial charge in [0.05, 0.1) is 0 Å². The van der Waals surface area contributed by atoms with E-state index in [4.69, 9.17) is 0 Å². The van der Waals surface area contributed by atoms with Crippen molar-refractivity contribution in [1.29, 1.82) is 0 Å². The fraction of sp³-hybridized carbons (Fsp3) is 0.625. The predicted molar refractivity (Wildman–Crippen MR) is 82.4 cm³/mol. The van der Waals surface area contributed by atoms with Gasteiger partial charge in [0.2, 0.25) is 0 Å². The first-order valence-electron chi connectivity index (χ1n) is 7.11. The van der Waals surface area contributed by atoms with Crippen molar-refractivity contribution in [2.45, 2.75) is 58.1 Å². The molecule has 0 saturated carbocycles. The van der Waals surface area contributed by atoms with Gasteiger partial charge in [-0.25, -0.2) is 0 Å². The van der Waals surface area contributed by atoms with Crippen LogP contribution < -0.4 is 0 Å². The van der Waals surface area contributed by atoms with Gasteiger partial charge >= 0.3 is 0 Å². The summed E-state index contributed by atoms with van der Waals surface area (Å²) in [6.45, 7) is 4.21. The quantitative estimate of drug-likeness (QED) is 0.612. The maximum Gasteiger partial charge on any atom is 0.122 e. The molecule has 0 spiro atoms. The van der Waals surface area contributed by atoms with Crippen LogP contribution in [0.1, 0.15) is 56.6 Å². The number of aryl methyl sites for hydroxylation is 1. The van der Waals surface area contributed by atoms with Gasteiger partial charge in [-0.1, -0.05) is 57.2 Å². The first-order valence-corrected chi connectivity index (χ1v) is 8.26. The summed E-state index contributed by atoms with van der Waals surface area (Å²) >= 11 is 1.93. The number of thioether (sulfide) groups is 1. The van der Waals surface area contributed by atoms with Crippen LogP contribution in [0, 0.1) is 6.92 Å². The molecule has 1 N–H and O–H groups in total. The molecule has 0 bridgehead atoms. The lowest BCUT2D eigenvalue weighted by atomic mass is 10.1. The van der Waals surface area contributed by atoms with Crippen molar-refractivity contribution in [3.8, 4) is 5.75 Å². The third-order valence-electron chi connectivity index (χ3n) is 3.22. The minimum absolute atomic E-state index is 0.480. The molecule has 0 radical (unpaired) electrons. The lowest BCUT2D eigenvalue weighted by Gasteiger charge is -2.06. The highest BCUT2D eigenvalue weighted by Crippen LogP contribution is 2.25. The molecule has 2 heteroatoms. The van der Waals surface area contributed by atoms with Gasteiger partial charge in [-0.3, -0.25) is 0 Å². The lowest BCUT2D eigenvalue weighted by Crippen LogP contribution is -1.87. The SMILES string of the molecule is CCCCCCCCSCc1cccc(C)c1O. The molecule has 0 amide bonds. The Kier molecular flexibility index (Phi) is 7.99. The number of aromatic hydroxyl groups is 1. The van der Waals surface area contributed by atoms with Gasteiger partial charge in [-0.2, -0.15) is 11.8 Å². The van der Waals surface area contributed by atoms with Crippen molar-refractivity contribution in [3.63, 3.8) is 0 Å². The van der Waals surface area contributed by atoms with Crippen LogP contribution in [0.5, 0.6) is 5.75 Å². The molecule has 1 rings (SSSR count). The van der Waals surface area contributed by atoms with E-state index in [0.717, 1.165) is 16.9 Å². The molecule has 102 valence electrons. The number of hydrogen-bond acceptors (Lipinski definition) is 2. The Morgan fingerprint density at radius 2 is 1.78 bits per heavy atom. The molecule has 0 atom stereocenters. The van der Waals surface area contributed by atoms with Crippen molar-refractivity contribution < 1.29 is 5.11 Å². The highest BCUT2D eigenvalue weighted by molar-refractivity contribution is 7.98. The van der Waals surface area contributed by atoms with Crippen molar-refractivity contribution in [2.75, 3.05) is 5.75 Å². The van der Waals surface area contributed by atoms with Crippen LogP contribution in [0.2, 0.25) is 0 Å². The second kappa shape index (κ2) is 9.32. The summed E-state index contributed by atoms with van der Waals surface area (Å²) in [5.74, 6) is 2.62. The van der Waals surface area contributed by atoms with Crippen LogP contribution in [0.15, 0.2) is 18.2 Å². The number of hydrogen-bond donors (Lipinski definition) is 1. The maximum absolute atomic E-state index is 9.88. The Morgan fingerprint density at radius 1 is 1.06 bits per heavy atom. The molecule has 0 aliphatic carbocycles. The molecule has 1 nitrogen and oxygen atoms in total. The van der Waals surface area contributed by atoms with Gasteiger partial charge in [0.25, 0.3) is 0 Å². The van der Waals surface area contributed by atoms with Crippen molar-refractivity contribution in [3.05, 3.63) is 29.3 Å². The first-order chi connectivity index (χ1) is 8.75. The van der Waals surface area contributed by atoms with Crippen molar-refractivity contribution in [1.82, 2.24) is 0 Å². The molecule has 0 aromatic heterocycles. The average Bonchev–Trinajstić information content (AvgIpc) is 2.37. The number of unbranched alkanes of at least 4 members (excludes halogenated alkanes) is 5. The second-order valence-electron chi connectivity index (χ2n) is 4.90. The summed E-state index contributed by atoms with van der Waals surface area (Å²) in [4.78, 5) is 0. The van der Waals surface area contributed by atoms with Gasteiger partial charge in [-0.05, 0) is 24.7 Å². The molecule has 1 aromatic rings. The van der Waals surface area contributed by atoms with Crippen molar-refractivity contribution in [2.24, 2.45) is 0 Å². The Bertz CT molecular complexity index is 336. The minimum atomic E-state index is 0.480. The topological polar surface area (TPSA) is 20.2 Å². The number of rotatable bonds is 9. The van der Waals surface area contributed by atoms with Gasteiger partial charge < -0.3 is 5.11 Å². The highest BCUT2D eigenvalue weighted by atomic mass is 32.2. The molecule has 0 heterocycles. The molecule has 0 saturated heterocycles. The number of benzene rings is 1. The maximum atomic E-state index is 9.88. The Balaban J connectivity index is 2.09. The molecule has 0 fully saturated rings. The van der Waals surface area contributed by atoms with E-state index in [2.05, 4.69) is 6.92 Å². The lowest BCUT2D eigenvalue weighted by molar-refractivity contribution is 0.466. The Hall–Kier alpha value is -0.630. The fourth-order valence-corrected chi connectivity index (χ4v) is 3.01. The summed E-state index contributed by atoms with van der Waals surface area (Å²) in [5.41, 5.74) is 2.05. The van der Waals surface area contributed by atoms with Crippen molar-refractivity contribution >= 4 is 11.8 Å². The van der Waals surface area contributed by atoms with Gasteiger partial charge in [0.1, 0.15) is 5.75 Å². The first kappa shape index (κ1) is 15.4. The van der Waals surface area contributed by atoms with Crippen LogP contribution in [-0.4, -0.2) is 10.9 Å². The normalized spacial score (nSPS) is 10.8. The van der Waals surface area contributed by atoms with E-state index in [-0.39, 0.29) is 0 Å². The molecule has 1 aromatic carbocycles. The standard InChI is InChI=1S/C16H26OS/c1-3-4-5-6-7-8-12-18-13-15-11-9-10-14(2)16(15)17/h9-11,17H,3-8,12-13H2,1-2H3. The summed E-state index contributed by atoms with van der Waals surface area (Å²) in [5, 5.41) is 9.88. The molecule has 18 heavy (non-hydrogen) atoms. The van der Waals surface area contributed by atoms with Crippen LogP contribution in [0.4, 0.5) is 0 Å². The summed E-state index contributed by atoms with van der Waals surface area (Å²) in [7, 11) is 0. The van der Waals surface area contributed by atoms with Crippen LogP contribution >= 0.6 is 11.8 Å². The second-order valence-corrected chi connectivity index (χ2v) is 6.01. The van der Waals surface area contributed by atoms with Gasteiger partial charge in [-0.15, -0.1) is 0 Å². The highest BCUT2D eigenvalue weighted by Gasteiger charge is 2.03. The van der Waals surface area contributed by atoms with Gasteiger partial charge in [0.15, 0.2) is 0 Å². The van der Waals surface area contributed by atoms with E-state index in [1.165, 1.54) is 44.3 Å². The molecule has 0 aliphatic rings.